The van der Waals surface area contributed by atoms with Gasteiger partial charge in [0.05, 0.1) is 23.6 Å². The lowest BCUT2D eigenvalue weighted by atomic mass is 9.99. The molecule has 1 atom stereocenters. The molecule has 2 aromatic carbocycles. The Morgan fingerprint density at radius 3 is 2.82 bits per heavy atom. The van der Waals surface area contributed by atoms with Crippen molar-refractivity contribution in [3.05, 3.63) is 58.4 Å². The van der Waals surface area contributed by atoms with E-state index in [2.05, 4.69) is 11.8 Å². The fraction of sp³-hybridized carbons (Fsp3) is 0.348. The van der Waals surface area contributed by atoms with Crippen LogP contribution in [0.1, 0.15) is 25.3 Å². The average molecular weight is 379 g/mol. The van der Waals surface area contributed by atoms with Crippen molar-refractivity contribution in [2.75, 3.05) is 20.2 Å². The van der Waals surface area contributed by atoms with Crippen molar-refractivity contribution in [1.82, 2.24) is 4.90 Å². The Labute approximate surface area is 164 Å². The van der Waals surface area contributed by atoms with E-state index in [1.807, 2.05) is 24.3 Å². The Bertz CT molecular complexity index is 1060. The molecule has 1 saturated heterocycles. The Balaban J connectivity index is 1.80. The number of phenolic OH excluding ortho intramolecular Hbond substituents is 1. The molecule has 1 N–H and O–H groups in total. The van der Waals surface area contributed by atoms with Crippen molar-refractivity contribution >= 4 is 11.0 Å². The highest BCUT2D eigenvalue weighted by Gasteiger charge is 2.21. The van der Waals surface area contributed by atoms with Gasteiger partial charge in [0.15, 0.2) is 0 Å². The molecule has 0 saturated carbocycles. The Hall–Kier alpha value is -2.79. The third kappa shape index (κ3) is 3.38. The summed E-state index contributed by atoms with van der Waals surface area (Å²) >= 11 is 0. The van der Waals surface area contributed by atoms with Crippen LogP contribution in [0, 0.1) is 5.92 Å². The minimum Gasteiger partial charge on any atom is -0.507 e. The van der Waals surface area contributed by atoms with Gasteiger partial charge >= 0.3 is 0 Å². The molecule has 1 aromatic heterocycles. The molecule has 0 aliphatic carbocycles. The zero-order chi connectivity index (χ0) is 19.7. The minimum atomic E-state index is -0.126. The van der Waals surface area contributed by atoms with Gasteiger partial charge in [-0.1, -0.05) is 25.1 Å². The monoisotopic (exact) mass is 379 g/mol. The maximum absolute atomic E-state index is 13.2. The summed E-state index contributed by atoms with van der Waals surface area (Å²) in [5.41, 5.74) is 2.16. The number of rotatable bonds is 4. The van der Waals surface area contributed by atoms with Gasteiger partial charge in [0, 0.05) is 18.7 Å². The predicted octanol–water partition coefficient (Wildman–Crippen LogP) is 4.41. The van der Waals surface area contributed by atoms with Crippen LogP contribution in [0.3, 0.4) is 0 Å². The van der Waals surface area contributed by atoms with E-state index in [1.54, 1.807) is 19.2 Å². The molecule has 1 aliphatic rings. The lowest BCUT2D eigenvalue weighted by molar-refractivity contribution is 0.175. The smallest absolute Gasteiger partial charge is 0.200 e. The van der Waals surface area contributed by atoms with E-state index in [4.69, 9.17) is 9.15 Å². The first-order chi connectivity index (χ1) is 13.6. The third-order valence-corrected chi connectivity index (χ3v) is 5.54. The fourth-order valence-electron chi connectivity index (χ4n) is 4.11. The molecule has 0 bridgehead atoms. The van der Waals surface area contributed by atoms with Crippen LogP contribution in [-0.4, -0.2) is 30.2 Å². The van der Waals surface area contributed by atoms with Gasteiger partial charge in [0.2, 0.25) is 5.43 Å². The van der Waals surface area contributed by atoms with Crippen molar-refractivity contribution in [3.63, 3.8) is 0 Å². The summed E-state index contributed by atoms with van der Waals surface area (Å²) in [5, 5.41) is 10.9. The van der Waals surface area contributed by atoms with E-state index in [-0.39, 0.29) is 11.2 Å². The number of phenols is 1. The second-order valence-electron chi connectivity index (χ2n) is 7.60. The number of hydrogen-bond donors (Lipinski definition) is 1. The molecule has 146 valence electrons. The maximum atomic E-state index is 13.2. The predicted molar refractivity (Wildman–Crippen MR) is 110 cm³/mol. The van der Waals surface area contributed by atoms with Crippen molar-refractivity contribution in [1.29, 1.82) is 0 Å². The Morgan fingerprint density at radius 1 is 1.21 bits per heavy atom. The number of fused-ring (bicyclic) bond motifs is 1. The number of para-hydroxylation sites is 1. The molecule has 0 amide bonds. The number of aromatic hydroxyl groups is 1. The van der Waals surface area contributed by atoms with Crippen LogP contribution in [-0.2, 0) is 6.54 Å². The number of nitrogens with zero attached hydrogens (tertiary/aromatic N) is 1. The molecular formula is C23H25NO4. The summed E-state index contributed by atoms with van der Waals surface area (Å²) in [6.07, 6.45) is 3.86. The molecule has 3 aromatic rings. The molecule has 0 unspecified atom stereocenters. The van der Waals surface area contributed by atoms with Crippen LogP contribution in [0.5, 0.6) is 11.5 Å². The van der Waals surface area contributed by atoms with Gasteiger partial charge in [0.25, 0.3) is 0 Å². The number of hydrogen-bond acceptors (Lipinski definition) is 5. The van der Waals surface area contributed by atoms with Gasteiger partial charge in [-0.05, 0) is 43.5 Å². The van der Waals surface area contributed by atoms with E-state index in [1.165, 1.54) is 12.7 Å². The lowest BCUT2D eigenvalue weighted by Gasteiger charge is -2.31. The van der Waals surface area contributed by atoms with Crippen LogP contribution in [0.25, 0.3) is 22.1 Å². The molecule has 1 aliphatic heterocycles. The minimum absolute atomic E-state index is 0.126. The highest BCUT2D eigenvalue weighted by molar-refractivity contribution is 5.86. The Kier molecular flexibility index (Phi) is 5.09. The van der Waals surface area contributed by atoms with Crippen molar-refractivity contribution < 1.29 is 14.3 Å². The van der Waals surface area contributed by atoms with Crippen LogP contribution in [0.15, 0.2) is 51.9 Å². The summed E-state index contributed by atoms with van der Waals surface area (Å²) in [5.74, 6) is 1.42. The highest BCUT2D eigenvalue weighted by atomic mass is 16.5. The largest absolute Gasteiger partial charge is 0.507 e. The fourth-order valence-corrected chi connectivity index (χ4v) is 4.11. The number of ether oxygens (including phenoxy) is 1. The zero-order valence-corrected chi connectivity index (χ0v) is 16.3. The van der Waals surface area contributed by atoms with E-state index in [9.17, 15) is 9.90 Å². The molecule has 5 nitrogen and oxygen atoms in total. The second kappa shape index (κ2) is 7.68. The molecule has 1 fully saturated rings. The number of piperidine rings is 1. The van der Waals surface area contributed by atoms with Crippen molar-refractivity contribution in [2.24, 2.45) is 5.92 Å². The first kappa shape index (κ1) is 18.6. The molecule has 5 heteroatoms. The molecular weight excluding hydrogens is 354 g/mol. The quantitative estimate of drug-likeness (QED) is 0.728. The Morgan fingerprint density at radius 2 is 2.04 bits per heavy atom. The van der Waals surface area contributed by atoms with Crippen LogP contribution < -0.4 is 10.2 Å². The standard InChI is InChI=1S/C23H25NO4/c1-15-6-5-11-24(12-15)13-18-20(25)10-9-17-22(26)19(14-28-23(17)18)16-7-3-4-8-21(16)27-2/h3-4,7-10,14-15,25H,5-6,11-13H2,1-2H3/t15-/m1/s1. The summed E-state index contributed by atoms with van der Waals surface area (Å²) in [6.45, 7) is 4.79. The van der Waals surface area contributed by atoms with E-state index >= 15 is 0 Å². The highest BCUT2D eigenvalue weighted by Crippen LogP contribution is 2.32. The lowest BCUT2D eigenvalue weighted by Crippen LogP contribution is -2.33. The third-order valence-electron chi connectivity index (χ3n) is 5.54. The summed E-state index contributed by atoms with van der Waals surface area (Å²) in [4.78, 5) is 15.5. The number of methoxy groups -OCH3 is 1. The first-order valence-electron chi connectivity index (χ1n) is 9.70. The van der Waals surface area contributed by atoms with E-state index in [0.717, 1.165) is 19.5 Å². The van der Waals surface area contributed by atoms with Crippen LogP contribution in [0.4, 0.5) is 0 Å². The molecule has 0 radical (unpaired) electrons. The molecule has 2 heterocycles. The number of benzene rings is 2. The maximum Gasteiger partial charge on any atom is 0.200 e. The number of likely N-dealkylation sites (tertiary alicyclic amines) is 1. The van der Waals surface area contributed by atoms with Crippen molar-refractivity contribution in [2.45, 2.75) is 26.3 Å². The summed E-state index contributed by atoms with van der Waals surface area (Å²) < 4.78 is 11.3. The van der Waals surface area contributed by atoms with Gasteiger partial charge < -0.3 is 14.3 Å². The van der Waals surface area contributed by atoms with E-state index < -0.39 is 0 Å². The van der Waals surface area contributed by atoms with Gasteiger partial charge in [-0.15, -0.1) is 0 Å². The summed E-state index contributed by atoms with van der Waals surface area (Å²) in [7, 11) is 1.58. The normalized spacial score (nSPS) is 17.7. The van der Waals surface area contributed by atoms with Gasteiger partial charge in [-0.3, -0.25) is 9.69 Å². The topological polar surface area (TPSA) is 62.9 Å². The molecule has 0 spiro atoms. The SMILES string of the molecule is COc1ccccc1-c1coc2c(CN3CCC[C@@H](C)C3)c(O)ccc2c1=O. The molecule has 4 rings (SSSR count). The van der Waals surface area contributed by atoms with Gasteiger partial charge in [-0.2, -0.15) is 0 Å². The second-order valence-corrected chi connectivity index (χ2v) is 7.60. The first-order valence-corrected chi connectivity index (χ1v) is 9.70. The van der Waals surface area contributed by atoms with Crippen LogP contribution in [0.2, 0.25) is 0 Å². The summed E-state index contributed by atoms with van der Waals surface area (Å²) in [6, 6.07) is 10.6. The van der Waals surface area contributed by atoms with Gasteiger partial charge in [-0.25, -0.2) is 0 Å². The zero-order valence-electron chi connectivity index (χ0n) is 16.3. The van der Waals surface area contributed by atoms with E-state index in [0.29, 0.717) is 45.9 Å². The van der Waals surface area contributed by atoms with Gasteiger partial charge in [0.1, 0.15) is 23.3 Å². The van der Waals surface area contributed by atoms with Crippen molar-refractivity contribution in [3.8, 4) is 22.6 Å². The van der Waals surface area contributed by atoms with Crippen LogP contribution >= 0.6 is 0 Å². The molecule has 28 heavy (non-hydrogen) atoms. The average Bonchev–Trinajstić information content (AvgIpc) is 2.70.